The third-order valence-corrected chi connectivity index (χ3v) is 5.50. The molecule has 3 rings (SSSR count). The van der Waals surface area contributed by atoms with Gasteiger partial charge in [-0.05, 0) is 71.7 Å². The zero-order chi connectivity index (χ0) is 18.4. The van der Waals surface area contributed by atoms with Crippen LogP contribution in [0.4, 0.5) is 0 Å². The van der Waals surface area contributed by atoms with Crippen molar-refractivity contribution < 1.29 is 14.6 Å². The lowest BCUT2D eigenvalue weighted by Gasteiger charge is -2.03. The van der Waals surface area contributed by atoms with Crippen LogP contribution in [-0.2, 0) is 16.0 Å². The Morgan fingerprint density at radius 3 is 2.69 bits per heavy atom. The van der Waals surface area contributed by atoms with Gasteiger partial charge in [-0.25, -0.2) is 4.79 Å². The average molecular weight is 371 g/mol. The van der Waals surface area contributed by atoms with Crippen molar-refractivity contribution in [2.24, 2.45) is 0 Å². The minimum absolute atomic E-state index is 0.185. The normalized spacial score (nSPS) is 19.5. The number of epoxide rings is 1. The lowest BCUT2D eigenvalue weighted by Crippen LogP contribution is -2.01. The summed E-state index contributed by atoms with van der Waals surface area (Å²) in [4.78, 5) is 11.4. The zero-order valence-electron chi connectivity index (χ0n) is 15.2. The Morgan fingerprint density at radius 2 is 2.04 bits per heavy atom. The molecule has 4 heteroatoms. The molecule has 1 N–H and O–H groups in total. The number of aryl methyl sites for hydroxylation is 1. The molecule has 2 heterocycles. The molecule has 1 aliphatic rings. The van der Waals surface area contributed by atoms with Crippen molar-refractivity contribution in [3.63, 3.8) is 0 Å². The molecule has 1 saturated heterocycles. The summed E-state index contributed by atoms with van der Waals surface area (Å²) >= 11 is 1.58. The third-order valence-electron chi connectivity index (χ3n) is 4.80. The molecule has 0 amide bonds. The van der Waals surface area contributed by atoms with Crippen LogP contribution in [0.25, 0.3) is 6.08 Å². The molecule has 0 bridgehead atoms. The molecule has 2 unspecified atom stereocenters. The van der Waals surface area contributed by atoms with Gasteiger partial charge in [0.1, 0.15) is 6.10 Å². The van der Waals surface area contributed by atoms with Crippen LogP contribution in [0.2, 0.25) is 0 Å². The fourth-order valence-electron chi connectivity index (χ4n) is 3.20. The Bertz CT molecular complexity index is 731. The van der Waals surface area contributed by atoms with Crippen LogP contribution in [0.5, 0.6) is 0 Å². The highest BCUT2D eigenvalue weighted by molar-refractivity contribution is 7.08. The molecule has 3 nitrogen and oxygen atoms in total. The van der Waals surface area contributed by atoms with Gasteiger partial charge in [-0.2, -0.15) is 11.3 Å². The number of carboxylic acids is 1. The first-order valence-corrected chi connectivity index (χ1v) is 10.3. The van der Waals surface area contributed by atoms with Crippen LogP contribution >= 0.6 is 11.3 Å². The number of carboxylic acid groups (broad SMARTS) is 1. The minimum atomic E-state index is -0.827. The van der Waals surface area contributed by atoms with E-state index in [2.05, 4.69) is 31.2 Å². The smallest absolute Gasteiger partial charge is 0.331 e. The van der Waals surface area contributed by atoms with Crippen LogP contribution in [0.15, 0.2) is 46.7 Å². The summed E-state index contributed by atoms with van der Waals surface area (Å²) in [6.07, 6.45) is 8.08. The fourth-order valence-corrected chi connectivity index (χ4v) is 3.82. The third kappa shape index (κ3) is 5.29. The van der Waals surface area contributed by atoms with E-state index >= 15 is 0 Å². The van der Waals surface area contributed by atoms with Crippen molar-refractivity contribution in [3.8, 4) is 0 Å². The van der Waals surface area contributed by atoms with Crippen LogP contribution in [0, 0.1) is 0 Å². The van der Waals surface area contributed by atoms with Gasteiger partial charge in [0, 0.05) is 5.57 Å². The maximum absolute atomic E-state index is 11.4. The van der Waals surface area contributed by atoms with E-state index in [4.69, 9.17) is 4.74 Å². The van der Waals surface area contributed by atoms with Crippen LogP contribution in [-0.4, -0.2) is 17.2 Å². The van der Waals surface area contributed by atoms with Crippen LogP contribution in [0.1, 0.15) is 61.8 Å². The van der Waals surface area contributed by atoms with Gasteiger partial charge in [0.2, 0.25) is 0 Å². The molecular formula is C22H26O3S. The molecule has 0 radical (unpaired) electrons. The van der Waals surface area contributed by atoms with E-state index in [1.165, 1.54) is 24.0 Å². The molecule has 0 spiro atoms. The van der Waals surface area contributed by atoms with Gasteiger partial charge < -0.3 is 9.84 Å². The maximum atomic E-state index is 11.4. The summed E-state index contributed by atoms with van der Waals surface area (Å²) in [6, 6.07) is 10.7. The zero-order valence-corrected chi connectivity index (χ0v) is 16.0. The molecule has 1 aromatic heterocycles. The lowest BCUT2D eigenvalue weighted by atomic mass is 10.0. The summed E-state index contributed by atoms with van der Waals surface area (Å²) < 4.78 is 5.81. The fraction of sp³-hybridized carbons (Fsp3) is 0.409. The summed E-state index contributed by atoms with van der Waals surface area (Å²) in [5.41, 5.74) is 4.07. The first-order chi connectivity index (χ1) is 12.7. The number of thiophene rings is 1. The number of ether oxygens (including phenoxy) is 1. The monoisotopic (exact) mass is 370 g/mol. The lowest BCUT2D eigenvalue weighted by molar-refractivity contribution is -0.132. The standard InChI is InChI=1S/C22H26O3S/c1-2-3-5-16-8-10-18(11-9-16)21-20(25-21)7-4-6-19(22(23)24)14-17-12-13-26-15-17/h8-15,20-21H,2-7H2,1H3,(H,23,24)/b19-14-. The summed E-state index contributed by atoms with van der Waals surface area (Å²) in [5, 5.41) is 13.3. The quantitative estimate of drug-likeness (QED) is 0.420. The van der Waals surface area contributed by atoms with Crippen molar-refractivity contribution >= 4 is 23.4 Å². The average Bonchev–Trinajstić information content (AvgIpc) is 3.22. The number of unbranched alkanes of at least 4 members (excludes halogenated alkanes) is 1. The number of hydrogen-bond acceptors (Lipinski definition) is 3. The molecule has 0 saturated carbocycles. The van der Waals surface area contributed by atoms with E-state index in [-0.39, 0.29) is 12.2 Å². The second kappa shape index (κ2) is 9.15. The molecule has 1 fully saturated rings. The Morgan fingerprint density at radius 1 is 1.23 bits per heavy atom. The van der Waals surface area contributed by atoms with Crippen molar-refractivity contribution in [2.45, 2.75) is 57.7 Å². The van der Waals surface area contributed by atoms with Gasteiger partial charge in [-0.1, -0.05) is 37.6 Å². The van der Waals surface area contributed by atoms with Gasteiger partial charge in [0.25, 0.3) is 0 Å². The van der Waals surface area contributed by atoms with Gasteiger partial charge in [-0.15, -0.1) is 0 Å². The molecule has 0 aliphatic carbocycles. The first-order valence-electron chi connectivity index (χ1n) is 9.37. The number of carbonyl (C=O) groups is 1. The highest BCUT2D eigenvalue weighted by Gasteiger charge is 2.39. The largest absolute Gasteiger partial charge is 0.478 e. The molecular weight excluding hydrogens is 344 g/mol. The molecule has 26 heavy (non-hydrogen) atoms. The topological polar surface area (TPSA) is 49.8 Å². The highest BCUT2D eigenvalue weighted by atomic mass is 32.1. The van der Waals surface area contributed by atoms with E-state index in [0.717, 1.165) is 24.8 Å². The van der Waals surface area contributed by atoms with Gasteiger partial charge in [-0.3, -0.25) is 0 Å². The number of hydrogen-bond donors (Lipinski definition) is 1. The van der Waals surface area contributed by atoms with Gasteiger partial charge in [0.15, 0.2) is 0 Å². The van der Waals surface area contributed by atoms with Crippen molar-refractivity contribution in [2.75, 3.05) is 0 Å². The van der Waals surface area contributed by atoms with Crippen LogP contribution < -0.4 is 0 Å². The summed E-state index contributed by atoms with van der Waals surface area (Å²) in [5.74, 6) is -0.827. The number of benzene rings is 1. The first kappa shape index (κ1) is 18.9. The molecule has 2 aromatic rings. The van der Waals surface area contributed by atoms with E-state index < -0.39 is 5.97 Å². The Hall–Kier alpha value is -1.91. The Kier molecular flexibility index (Phi) is 6.64. The summed E-state index contributed by atoms with van der Waals surface area (Å²) in [7, 11) is 0. The molecule has 1 aromatic carbocycles. The van der Waals surface area contributed by atoms with E-state index in [0.29, 0.717) is 12.0 Å². The minimum Gasteiger partial charge on any atom is -0.478 e. The predicted octanol–water partition coefficient (Wildman–Crippen LogP) is 5.87. The van der Waals surface area contributed by atoms with E-state index in [1.54, 1.807) is 17.4 Å². The van der Waals surface area contributed by atoms with Crippen LogP contribution in [0.3, 0.4) is 0 Å². The molecule has 2 atom stereocenters. The van der Waals surface area contributed by atoms with Gasteiger partial charge >= 0.3 is 5.97 Å². The molecule has 1 aliphatic heterocycles. The maximum Gasteiger partial charge on any atom is 0.331 e. The number of rotatable bonds is 10. The van der Waals surface area contributed by atoms with Crippen molar-refractivity contribution in [3.05, 3.63) is 63.4 Å². The highest BCUT2D eigenvalue weighted by Crippen LogP contribution is 2.41. The second-order valence-corrected chi connectivity index (χ2v) is 7.64. The van der Waals surface area contributed by atoms with E-state index in [9.17, 15) is 9.90 Å². The Labute approximate surface area is 159 Å². The van der Waals surface area contributed by atoms with Crippen molar-refractivity contribution in [1.29, 1.82) is 0 Å². The Balaban J connectivity index is 1.45. The summed E-state index contributed by atoms with van der Waals surface area (Å²) in [6.45, 7) is 2.21. The molecule has 138 valence electrons. The predicted molar refractivity (Wildman–Crippen MR) is 106 cm³/mol. The second-order valence-electron chi connectivity index (χ2n) is 6.86. The van der Waals surface area contributed by atoms with Gasteiger partial charge in [0.05, 0.1) is 6.10 Å². The van der Waals surface area contributed by atoms with Crippen molar-refractivity contribution in [1.82, 2.24) is 0 Å². The SMILES string of the molecule is CCCCc1ccc(C2OC2CCC/C(=C/c2ccsc2)C(=O)O)cc1. The number of aliphatic carboxylic acids is 1. The van der Waals surface area contributed by atoms with E-state index in [1.807, 2.05) is 16.8 Å².